The van der Waals surface area contributed by atoms with E-state index in [1.165, 1.54) is 6.07 Å². The van der Waals surface area contributed by atoms with Crippen LogP contribution in [0.2, 0.25) is 0 Å². The van der Waals surface area contributed by atoms with Gasteiger partial charge in [0.15, 0.2) is 0 Å². The SMILES string of the molecule is Cc1cccn2cc(COc3ccc(C(=O)NC4CCCc5[nH]c(=O)c(C(N)=O)cc54)cc3)nc12. The molecule has 1 aliphatic rings. The van der Waals surface area contributed by atoms with Gasteiger partial charge in [0.25, 0.3) is 17.4 Å². The van der Waals surface area contributed by atoms with Gasteiger partial charge in [-0.25, -0.2) is 4.98 Å². The summed E-state index contributed by atoms with van der Waals surface area (Å²) in [4.78, 5) is 43.9. The van der Waals surface area contributed by atoms with Crippen LogP contribution in [0, 0.1) is 6.92 Å². The second-order valence-corrected chi connectivity index (χ2v) is 8.70. The standard InChI is InChI=1S/C26H25N5O4/c1-15-4-3-11-31-13-17(28-24(15)31)14-35-18-9-7-16(8-10-18)25(33)29-21-5-2-6-22-19(21)12-20(23(27)32)26(34)30-22/h3-4,7-13,21H,2,5-6,14H2,1H3,(H2,27,32)(H,29,33)(H,30,34). The highest BCUT2D eigenvalue weighted by atomic mass is 16.5. The molecule has 0 aliphatic heterocycles. The zero-order valence-corrected chi connectivity index (χ0v) is 19.2. The van der Waals surface area contributed by atoms with Crippen LogP contribution in [0.3, 0.4) is 0 Å². The van der Waals surface area contributed by atoms with Crippen LogP contribution in [-0.4, -0.2) is 26.2 Å². The topological polar surface area (TPSA) is 132 Å². The number of amides is 2. The van der Waals surface area contributed by atoms with E-state index in [2.05, 4.69) is 15.3 Å². The molecule has 1 atom stereocenters. The Balaban J connectivity index is 1.26. The number of H-pyrrole nitrogens is 1. The maximum atomic E-state index is 12.9. The molecule has 0 spiro atoms. The van der Waals surface area contributed by atoms with Gasteiger partial charge in [0.05, 0.1) is 11.7 Å². The minimum Gasteiger partial charge on any atom is -0.487 e. The number of aryl methyl sites for hydroxylation is 2. The highest BCUT2D eigenvalue weighted by molar-refractivity contribution is 5.95. The lowest BCUT2D eigenvalue weighted by atomic mass is 9.90. The Kier molecular flexibility index (Phi) is 5.82. The summed E-state index contributed by atoms with van der Waals surface area (Å²) in [5, 5.41) is 3.01. The van der Waals surface area contributed by atoms with E-state index in [4.69, 9.17) is 10.5 Å². The van der Waals surface area contributed by atoms with Crippen LogP contribution in [0.1, 0.15) is 62.1 Å². The lowest BCUT2D eigenvalue weighted by Crippen LogP contribution is -2.34. The molecule has 0 fully saturated rings. The first-order valence-electron chi connectivity index (χ1n) is 11.4. The van der Waals surface area contributed by atoms with Gasteiger partial charge in [-0.3, -0.25) is 14.4 Å². The van der Waals surface area contributed by atoms with E-state index in [0.29, 0.717) is 30.8 Å². The maximum Gasteiger partial charge on any atom is 0.261 e. The van der Waals surface area contributed by atoms with Crippen molar-refractivity contribution in [3.8, 4) is 5.75 Å². The molecule has 0 bridgehead atoms. The number of carbonyl (C=O) groups excluding carboxylic acids is 2. The lowest BCUT2D eigenvalue weighted by Gasteiger charge is -2.26. The number of hydrogen-bond acceptors (Lipinski definition) is 5. The summed E-state index contributed by atoms with van der Waals surface area (Å²) in [6, 6.07) is 12.0. The quantitative estimate of drug-likeness (QED) is 0.398. The number of nitrogens with two attached hydrogens (primary N) is 1. The van der Waals surface area contributed by atoms with Crippen molar-refractivity contribution in [1.82, 2.24) is 19.7 Å². The normalized spacial score (nSPS) is 14.9. The van der Waals surface area contributed by atoms with Crippen LogP contribution in [0.15, 0.2) is 59.7 Å². The number of hydrogen-bond donors (Lipinski definition) is 3. The molecular weight excluding hydrogens is 446 g/mol. The summed E-state index contributed by atoms with van der Waals surface area (Å²) in [5.74, 6) is -0.418. The Bertz CT molecular complexity index is 1490. The van der Waals surface area contributed by atoms with Gasteiger partial charge in [-0.05, 0) is 73.7 Å². The van der Waals surface area contributed by atoms with Crippen molar-refractivity contribution in [2.24, 2.45) is 5.73 Å². The van der Waals surface area contributed by atoms with Gasteiger partial charge in [0.2, 0.25) is 0 Å². The minimum atomic E-state index is -0.793. The summed E-state index contributed by atoms with van der Waals surface area (Å²) in [7, 11) is 0. The maximum absolute atomic E-state index is 12.9. The number of nitrogens with one attached hydrogen (secondary N) is 2. The van der Waals surface area contributed by atoms with Crippen LogP contribution >= 0.6 is 0 Å². The molecule has 4 N–H and O–H groups in total. The molecule has 178 valence electrons. The van der Waals surface area contributed by atoms with Crippen molar-refractivity contribution in [3.63, 3.8) is 0 Å². The Morgan fingerprint density at radius 3 is 2.80 bits per heavy atom. The van der Waals surface area contributed by atoms with Gasteiger partial charge in [-0.15, -0.1) is 0 Å². The number of aromatic amines is 1. The summed E-state index contributed by atoms with van der Waals surface area (Å²) >= 11 is 0. The molecule has 0 radical (unpaired) electrons. The largest absolute Gasteiger partial charge is 0.487 e. The number of benzene rings is 1. The second-order valence-electron chi connectivity index (χ2n) is 8.70. The molecule has 0 saturated heterocycles. The van der Waals surface area contributed by atoms with Gasteiger partial charge in [-0.2, -0.15) is 0 Å². The fourth-order valence-corrected chi connectivity index (χ4v) is 4.45. The van der Waals surface area contributed by atoms with Crippen molar-refractivity contribution < 1.29 is 14.3 Å². The zero-order valence-electron chi connectivity index (χ0n) is 19.2. The Hall–Kier alpha value is -4.40. The average Bonchev–Trinajstić information content (AvgIpc) is 3.27. The monoisotopic (exact) mass is 471 g/mol. The number of rotatable bonds is 6. The Morgan fingerprint density at radius 2 is 2.06 bits per heavy atom. The summed E-state index contributed by atoms with van der Waals surface area (Å²) in [6.45, 7) is 2.32. The van der Waals surface area contributed by atoms with Crippen molar-refractivity contribution in [2.75, 3.05) is 0 Å². The second kappa shape index (κ2) is 9.09. The lowest BCUT2D eigenvalue weighted by molar-refractivity contribution is 0.0932. The molecule has 0 saturated carbocycles. The predicted molar refractivity (Wildman–Crippen MR) is 129 cm³/mol. The Morgan fingerprint density at radius 1 is 1.26 bits per heavy atom. The van der Waals surface area contributed by atoms with Gasteiger partial charge in [-0.1, -0.05) is 6.07 Å². The highest BCUT2D eigenvalue weighted by Crippen LogP contribution is 2.28. The highest BCUT2D eigenvalue weighted by Gasteiger charge is 2.25. The molecule has 1 unspecified atom stereocenters. The molecule has 4 aromatic rings. The van der Waals surface area contributed by atoms with Crippen molar-refractivity contribution >= 4 is 17.5 Å². The molecule has 3 heterocycles. The van der Waals surface area contributed by atoms with Crippen molar-refractivity contribution in [2.45, 2.75) is 38.8 Å². The van der Waals surface area contributed by atoms with Crippen LogP contribution in [0.5, 0.6) is 5.75 Å². The summed E-state index contributed by atoms with van der Waals surface area (Å²) in [6.07, 6.45) is 6.06. The predicted octanol–water partition coefficient (Wildman–Crippen LogP) is 2.82. The smallest absolute Gasteiger partial charge is 0.261 e. The number of carbonyl (C=O) groups is 2. The summed E-state index contributed by atoms with van der Waals surface area (Å²) in [5.41, 5.74) is 9.44. The Labute approximate surface area is 201 Å². The van der Waals surface area contributed by atoms with Crippen molar-refractivity contribution in [1.29, 1.82) is 0 Å². The van der Waals surface area contributed by atoms with E-state index in [1.54, 1.807) is 24.3 Å². The molecule has 35 heavy (non-hydrogen) atoms. The first-order valence-corrected chi connectivity index (χ1v) is 11.4. The van der Waals surface area contributed by atoms with E-state index < -0.39 is 11.5 Å². The molecule has 3 aromatic heterocycles. The molecule has 2 amide bonds. The van der Waals surface area contributed by atoms with Crippen LogP contribution in [0.25, 0.3) is 5.65 Å². The number of imidazole rings is 1. The van der Waals surface area contributed by atoms with Crippen LogP contribution in [0.4, 0.5) is 0 Å². The third-order valence-electron chi connectivity index (χ3n) is 6.25. The first kappa shape index (κ1) is 22.4. The van der Waals surface area contributed by atoms with Gasteiger partial charge >= 0.3 is 0 Å². The van der Waals surface area contributed by atoms with E-state index in [-0.39, 0.29) is 17.5 Å². The van der Waals surface area contributed by atoms with Crippen LogP contribution in [-0.2, 0) is 13.0 Å². The molecule has 9 nitrogen and oxygen atoms in total. The molecule has 1 aromatic carbocycles. The first-order chi connectivity index (χ1) is 16.9. The number of nitrogens with zero attached hydrogens (tertiary/aromatic N) is 2. The fraction of sp³-hybridized carbons (Fsp3) is 0.231. The van der Waals surface area contributed by atoms with Crippen molar-refractivity contribution in [3.05, 3.63) is 98.9 Å². The number of aromatic nitrogens is 3. The number of primary amides is 1. The number of fused-ring (bicyclic) bond motifs is 2. The molecule has 5 rings (SSSR count). The third-order valence-corrected chi connectivity index (χ3v) is 6.25. The number of pyridine rings is 2. The average molecular weight is 472 g/mol. The number of ether oxygens (including phenoxy) is 1. The van der Waals surface area contributed by atoms with E-state index in [0.717, 1.165) is 34.6 Å². The zero-order chi connectivity index (χ0) is 24.5. The fourth-order valence-electron chi connectivity index (χ4n) is 4.45. The summed E-state index contributed by atoms with van der Waals surface area (Å²) < 4.78 is 7.82. The molecular formula is C26H25N5O4. The third kappa shape index (κ3) is 4.52. The van der Waals surface area contributed by atoms with Gasteiger partial charge < -0.3 is 25.2 Å². The van der Waals surface area contributed by atoms with Crippen LogP contribution < -0.4 is 21.3 Å². The molecule has 9 heteroatoms. The molecule has 1 aliphatic carbocycles. The minimum absolute atomic E-state index is 0.104. The van der Waals surface area contributed by atoms with E-state index in [1.807, 2.05) is 35.9 Å². The van der Waals surface area contributed by atoms with Gasteiger partial charge in [0, 0.05) is 23.7 Å². The van der Waals surface area contributed by atoms with Gasteiger partial charge in [0.1, 0.15) is 23.6 Å². The van der Waals surface area contributed by atoms with E-state index in [9.17, 15) is 14.4 Å². The van der Waals surface area contributed by atoms with E-state index >= 15 is 0 Å².